The molecule has 0 amide bonds. The quantitative estimate of drug-likeness (QED) is 0.625. The number of aliphatic imine (C=N–C) groups is 1. The fourth-order valence-corrected chi connectivity index (χ4v) is 2.50. The lowest BCUT2D eigenvalue weighted by atomic mass is 10.3. The normalized spacial score (nSPS) is 11.1. The van der Waals surface area contributed by atoms with Gasteiger partial charge in [-0.15, -0.1) is 0 Å². The van der Waals surface area contributed by atoms with Crippen LogP contribution in [0.15, 0.2) is 17.1 Å². The van der Waals surface area contributed by atoms with Crippen molar-refractivity contribution in [1.29, 1.82) is 5.26 Å². The second-order valence-electron chi connectivity index (χ2n) is 4.93. The number of rotatable bonds is 5. The van der Waals surface area contributed by atoms with E-state index in [1.807, 2.05) is 6.07 Å². The van der Waals surface area contributed by atoms with Crippen LogP contribution >= 0.6 is 23.2 Å². The van der Waals surface area contributed by atoms with E-state index in [-0.39, 0.29) is 38.7 Å². The van der Waals surface area contributed by atoms with E-state index < -0.39 is 6.61 Å². The smallest absolute Gasteiger partial charge is 0.387 e. The first-order chi connectivity index (χ1) is 11.7. The highest BCUT2D eigenvalue weighted by Gasteiger charge is 2.21. The van der Waals surface area contributed by atoms with Crippen LogP contribution in [0.3, 0.4) is 0 Å². The molecular formula is C14H12Cl2F2N6O. The number of nitriles is 1. The molecule has 0 aliphatic carbocycles. The first kappa shape index (κ1) is 18.8. The number of nitrogens with zero attached hydrogens (tertiary/aromatic N) is 5. The van der Waals surface area contributed by atoms with Gasteiger partial charge in [0.05, 0.1) is 16.4 Å². The summed E-state index contributed by atoms with van der Waals surface area (Å²) in [5, 5.41) is 13.1. The highest BCUT2D eigenvalue weighted by molar-refractivity contribution is 6.38. The molecule has 1 aromatic heterocycles. The molecule has 0 aliphatic rings. The highest BCUT2D eigenvalue weighted by atomic mass is 35.5. The molecule has 0 spiro atoms. The molecule has 1 heterocycles. The van der Waals surface area contributed by atoms with E-state index in [9.17, 15) is 8.78 Å². The number of aromatic nitrogens is 2. The summed E-state index contributed by atoms with van der Waals surface area (Å²) in [4.78, 5) is 5.80. The molecule has 7 nitrogen and oxygen atoms in total. The van der Waals surface area contributed by atoms with E-state index in [4.69, 9.17) is 34.2 Å². The molecule has 11 heteroatoms. The molecule has 132 valence electrons. The molecule has 0 radical (unpaired) electrons. The van der Waals surface area contributed by atoms with E-state index in [2.05, 4.69) is 14.8 Å². The van der Waals surface area contributed by atoms with Crippen LogP contribution in [0.25, 0.3) is 5.69 Å². The van der Waals surface area contributed by atoms with Gasteiger partial charge in [-0.25, -0.2) is 9.67 Å². The van der Waals surface area contributed by atoms with Gasteiger partial charge in [0.2, 0.25) is 0 Å². The number of hydrogen-bond donors (Lipinski definition) is 1. The molecule has 2 aromatic rings. The summed E-state index contributed by atoms with van der Waals surface area (Å²) in [7, 11) is 3.48. The summed E-state index contributed by atoms with van der Waals surface area (Å²) >= 11 is 12.3. The maximum Gasteiger partial charge on any atom is 0.387 e. The molecule has 25 heavy (non-hydrogen) atoms. The zero-order valence-electron chi connectivity index (χ0n) is 13.0. The summed E-state index contributed by atoms with van der Waals surface area (Å²) in [5.74, 6) is -0.0932. The van der Waals surface area contributed by atoms with Crippen molar-refractivity contribution in [2.75, 3.05) is 19.8 Å². The lowest BCUT2D eigenvalue weighted by Crippen LogP contribution is -2.08. The third-order valence-electron chi connectivity index (χ3n) is 2.84. The molecule has 2 N–H and O–H groups in total. The molecule has 0 fully saturated rings. The number of nitrogen functional groups attached to an aromatic ring is 1. The van der Waals surface area contributed by atoms with Gasteiger partial charge in [-0.1, -0.05) is 23.2 Å². The predicted molar refractivity (Wildman–Crippen MR) is 91.2 cm³/mol. The van der Waals surface area contributed by atoms with Crippen molar-refractivity contribution in [3.05, 3.63) is 27.9 Å². The fourth-order valence-electron chi connectivity index (χ4n) is 1.87. The minimum Gasteiger partial charge on any atom is -0.435 e. The third-order valence-corrected chi connectivity index (χ3v) is 3.42. The number of alkyl halides is 2. The first-order valence-electron chi connectivity index (χ1n) is 6.68. The van der Waals surface area contributed by atoms with Crippen LogP contribution in [0.5, 0.6) is 5.75 Å². The Morgan fingerprint density at radius 2 is 2.00 bits per heavy atom. The van der Waals surface area contributed by atoms with Gasteiger partial charge >= 0.3 is 6.61 Å². The first-order valence-corrected chi connectivity index (χ1v) is 7.43. The number of halogens is 4. The summed E-state index contributed by atoms with van der Waals surface area (Å²) in [6, 6.07) is 4.14. The average molecular weight is 389 g/mol. The Kier molecular flexibility index (Phi) is 5.66. The van der Waals surface area contributed by atoms with Crippen LogP contribution in [-0.2, 0) is 0 Å². The van der Waals surface area contributed by atoms with Crippen LogP contribution in [-0.4, -0.2) is 41.7 Å². The summed E-state index contributed by atoms with van der Waals surface area (Å²) in [5.41, 5.74) is 5.97. The number of benzene rings is 1. The Balaban J connectivity index is 2.64. The van der Waals surface area contributed by atoms with Crippen molar-refractivity contribution in [2.24, 2.45) is 4.99 Å². The second-order valence-corrected chi connectivity index (χ2v) is 5.75. The van der Waals surface area contributed by atoms with Crippen molar-refractivity contribution < 1.29 is 13.5 Å². The van der Waals surface area contributed by atoms with Crippen LogP contribution in [0.4, 0.5) is 20.3 Å². The maximum atomic E-state index is 12.3. The Bertz CT molecular complexity index is 837. The summed E-state index contributed by atoms with van der Waals surface area (Å²) in [6.07, 6.45) is 1.45. The van der Waals surface area contributed by atoms with E-state index >= 15 is 0 Å². The van der Waals surface area contributed by atoms with E-state index in [1.165, 1.54) is 11.0 Å². The van der Waals surface area contributed by atoms with Crippen molar-refractivity contribution in [2.45, 2.75) is 6.61 Å². The minimum absolute atomic E-state index is 0.0284. The van der Waals surface area contributed by atoms with Gasteiger partial charge in [0.15, 0.2) is 11.5 Å². The van der Waals surface area contributed by atoms with Gasteiger partial charge in [0.25, 0.3) is 0 Å². The van der Waals surface area contributed by atoms with Gasteiger partial charge in [-0.05, 0) is 0 Å². The Morgan fingerprint density at radius 3 is 2.48 bits per heavy atom. The highest BCUT2D eigenvalue weighted by Crippen LogP contribution is 2.38. The zero-order chi connectivity index (χ0) is 18.7. The van der Waals surface area contributed by atoms with Gasteiger partial charge in [0, 0.05) is 26.2 Å². The SMILES string of the molecule is CN(C)/C=N\c1c(N)c(C#N)nn1-c1c(Cl)cc(OC(F)F)cc1Cl. The van der Waals surface area contributed by atoms with E-state index in [1.54, 1.807) is 19.0 Å². The maximum absolute atomic E-state index is 12.3. The largest absolute Gasteiger partial charge is 0.435 e. The molecule has 1 aromatic carbocycles. The molecule has 0 saturated heterocycles. The molecule has 0 bridgehead atoms. The number of hydrogen-bond acceptors (Lipinski definition) is 5. The monoisotopic (exact) mass is 388 g/mol. The fraction of sp³-hybridized carbons (Fsp3) is 0.214. The Hall–Kier alpha value is -2.57. The standard InChI is InChI=1S/C14H12Cl2F2N6O/c1-23(2)6-21-13-11(20)10(5-19)22-24(13)12-8(15)3-7(4-9(12)16)25-14(17)18/h3-4,6,14H,20H2,1-2H3/b21-6-. The molecule has 0 unspecified atom stereocenters. The van der Waals surface area contributed by atoms with Crippen molar-refractivity contribution >= 4 is 41.0 Å². The van der Waals surface area contributed by atoms with Crippen LogP contribution in [0.2, 0.25) is 10.0 Å². The zero-order valence-corrected chi connectivity index (χ0v) is 14.6. The van der Waals surface area contributed by atoms with Gasteiger partial charge < -0.3 is 15.4 Å². The third kappa shape index (κ3) is 4.10. The van der Waals surface area contributed by atoms with Gasteiger partial charge in [0.1, 0.15) is 23.2 Å². The Labute approximate surface area is 151 Å². The lowest BCUT2D eigenvalue weighted by molar-refractivity contribution is -0.0498. The van der Waals surface area contributed by atoms with Crippen molar-refractivity contribution in [3.8, 4) is 17.5 Å². The number of anilines is 1. The number of ether oxygens (including phenoxy) is 1. The molecule has 2 rings (SSSR count). The molecule has 0 aliphatic heterocycles. The second kappa shape index (κ2) is 7.55. The van der Waals surface area contributed by atoms with Crippen molar-refractivity contribution in [3.63, 3.8) is 0 Å². The molecule has 0 atom stereocenters. The predicted octanol–water partition coefficient (Wildman–Crippen LogP) is 3.46. The molecule has 0 saturated carbocycles. The van der Waals surface area contributed by atoms with Gasteiger partial charge in [-0.2, -0.15) is 19.1 Å². The van der Waals surface area contributed by atoms with Crippen LogP contribution in [0, 0.1) is 11.3 Å². The summed E-state index contributed by atoms with van der Waals surface area (Å²) in [6.45, 7) is -3.02. The van der Waals surface area contributed by atoms with Crippen LogP contribution in [0.1, 0.15) is 5.69 Å². The Morgan fingerprint density at radius 1 is 1.40 bits per heavy atom. The van der Waals surface area contributed by atoms with E-state index in [0.29, 0.717) is 0 Å². The minimum atomic E-state index is -3.02. The van der Waals surface area contributed by atoms with Crippen molar-refractivity contribution in [1.82, 2.24) is 14.7 Å². The summed E-state index contributed by atoms with van der Waals surface area (Å²) < 4.78 is 30.1. The van der Waals surface area contributed by atoms with E-state index in [0.717, 1.165) is 12.1 Å². The topological polar surface area (TPSA) is 92.5 Å². The van der Waals surface area contributed by atoms with Crippen LogP contribution < -0.4 is 10.5 Å². The molecular weight excluding hydrogens is 377 g/mol. The number of nitrogens with two attached hydrogens (primary N) is 1. The average Bonchev–Trinajstić information content (AvgIpc) is 2.79. The lowest BCUT2D eigenvalue weighted by Gasteiger charge is -2.12. The van der Waals surface area contributed by atoms with Gasteiger partial charge in [-0.3, -0.25) is 0 Å².